The van der Waals surface area contributed by atoms with Gasteiger partial charge in [-0.25, -0.2) is 9.18 Å². The van der Waals surface area contributed by atoms with Crippen LogP contribution in [-0.4, -0.2) is 38.4 Å². The van der Waals surface area contributed by atoms with Crippen LogP contribution in [0.15, 0.2) is 30.4 Å². The predicted octanol–water partition coefficient (Wildman–Crippen LogP) is 1.49. The number of carbonyl (C=O) groups excluding carboxylic acids is 1. The Kier molecular flexibility index (Phi) is 3.31. The van der Waals surface area contributed by atoms with Gasteiger partial charge in [0.25, 0.3) is 0 Å². The molecule has 20 heavy (non-hydrogen) atoms. The molecule has 0 unspecified atom stereocenters. The summed E-state index contributed by atoms with van der Waals surface area (Å²) in [4.78, 5) is 15.0. The van der Waals surface area contributed by atoms with Crippen molar-refractivity contribution in [3.63, 3.8) is 0 Å². The SMILES string of the molecule is NC[C@H]1CN(c2ccc(N3CC=CC3)c(F)c2)C(=O)O1. The van der Waals surface area contributed by atoms with Gasteiger partial charge in [-0.2, -0.15) is 0 Å². The molecule has 0 aromatic heterocycles. The molecule has 1 aromatic carbocycles. The van der Waals surface area contributed by atoms with Crippen molar-refractivity contribution in [2.24, 2.45) is 5.73 Å². The summed E-state index contributed by atoms with van der Waals surface area (Å²) in [5.41, 5.74) is 6.52. The molecule has 2 N–H and O–H groups in total. The predicted molar refractivity (Wildman–Crippen MR) is 74.4 cm³/mol. The van der Waals surface area contributed by atoms with Crippen LogP contribution < -0.4 is 15.5 Å². The molecule has 2 aliphatic rings. The summed E-state index contributed by atoms with van der Waals surface area (Å²) < 4.78 is 19.3. The van der Waals surface area contributed by atoms with E-state index < -0.39 is 6.09 Å². The number of benzene rings is 1. The first-order valence-electron chi connectivity index (χ1n) is 6.57. The van der Waals surface area contributed by atoms with E-state index in [1.807, 2.05) is 17.1 Å². The maximum absolute atomic E-state index is 14.2. The Hall–Kier alpha value is -2.08. The van der Waals surface area contributed by atoms with Crippen LogP contribution in [-0.2, 0) is 4.74 Å². The molecule has 1 atom stereocenters. The Morgan fingerprint density at radius 1 is 1.35 bits per heavy atom. The standard InChI is InChI=1S/C14H16FN3O2/c15-12-7-10(18-9-11(8-16)20-14(18)19)3-4-13(12)17-5-1-2-6-17/h1-4,7,11H,5-6,8-9,16H2/t11-/m0/s1. The Bertz CT molecular complexity index is 553. The van der Waals surface area contributed by atoms with Crippen molar-refractivity contribution in [1.82, 2.24) is 0 Å². The minimum atomic E-state index is -0.476. The fourth-order valence-corrected chi connectivity index (χ4v) is 2.45. The second-order valence-electron chi connectivity index (χ2n) is 4.86. The third-order valence-corrected chi connectivity index (χ3v) is 3.54. The lowest BCUT2D eigenvalue weighted by Gasteiger charge is -2.20. The van der Waals surface area contributed by atoms with Crippen LogP contribution in [0.25, 0.3) is 0 Å². The molecular weight excluding hydrogens is 261 g/mol. The van der Waals surface area contributed by atoms with Crippen LogP contribution in [0.2, 0.25) is 0 Å². The van der Waals surface area contributed by atoms with E-state index in [4.69, 9.17) is 10.5 Å². The number of halogens is 1. The van der Waals surface area contributed by atoms with Crippen LogP contribution >= 0.6 is 0 Å². The Morgan fingerprint density at radius 3 is 2.70 bits per heavy atom. The molecule has 2 aliphatic heterocycles. The van der Waals surface area contributed by atoms with Gasteiger partial charge in [-0.05, 0) is 18.2 Å². The van der Waals surface area contributed by atoms with Crippen LogP contribution in [0, 0.1) is 5.82 Å². The second-order valence-corrected chi connectivity index (χ2v) is 4.86. The Morgan fingerprint density at radius 2 is 2.10 bits per heavy atom. The fraction of sp³-hybridized carbons (Fsp3) is 0.357. The zero-order valence-corrected chi connectivity index (χ0v) is 11.0. The molecule has 1 fully saturated rings. The zero-order valence-electron chi connectivity index (χ0n) is 11.0. The summed E-state index contributed by atoms with van der Waals surface area (Å²) >= 11 is 0. The van der Waals surface area contributed by atoms with Crippen molar-refractivity contribution in [3.8, 4) is 0 Å². The summed E-state index contributed by atoms with van der Waals surface area (Å²) in [5, 5.41) is 0. The van der Waals surface area contributed by atoms with Gasteiger partial charge in [0.15, 0.2) is 0 Å². The summed E-state index contributed by atoms with van der Waals surface area (Å²) in [5.74, 6) is -0.338. The lowest BCUT2D eigenvalue weighted by Crippen LogP contribution is -2.27. The number of anilines is 2. The molecule has 0 bridgehead atoms. The van der Waals surface area contributed by atoms with E-state index in [-0.39, 0.29) is 18.5 Å². The molecule has 0 radical (unpaired) electrons. The smallest absolute Gasteiger partial charge is 0.414 e. The van der Waals surface area contributed by atoms with Crippen molar-refractivity contribution in [2.75, 3.05) is 36.0 Å². The minimum absolute atomic E-state index is 0.266. The first-order chi connectivity index (χ1) is 9.69. The number of hydrogen-bond acceptors (Lipinski definition) is 4. The van der Waals surface area contributed by atoms with E-state index in [0.29, 0.717) is 31.0 Å². The van der Waals surface area contributed by atoms with E-state index in [2.05, 4.69) is 0 Å². The lowest BCUT2D eigenvalue weighted by atomic mass is 10.2. The third-order valence-electron chi connectivity index (χ3n) is 3.54. The quantitative estimate of drug-likeness (QED) is 0.850. The van der Waals surface area contributed by atoms with Gasteiger partial charge in [0.05, 0.1) is 17.9 Å². The van der Waals surface area contributed by atoms with Crippen molar-refractivity contribution in [2.45, 2.75) is 6.10 Å². The molecule has 106 valence electrons. The molecule has 3 rings (SSSR count). The van der Waals surface area contributed by atoms with Gasteiger partial charge < -0.3 is 15.4 Å². The number of carbonyl (C=O) groups is 1. The molecule has 0 aliphatic carbocycles. The van der Waals surface area contributed by atoms with E-state index >= 15 is 0 Å². The summed E-state index contributed by atoms with van der Waals surface area (Å²) in [6.07, 6.45) is 3.19. The molecule has 6 heteroatoms. The van der Waals surface area contributed by atoms with Crippen LogP contribution in [0.1, 0.15) is 0 Å². The number of nitrogens with zero attached hydrogens (tertiary/aromatic N) is 2. The molecule has 2 heterocycles. The normalized spacial score (nSPS) is 21.7. The Labute approximate surface area is 116 Å². The average molecular weight is 277 g/mol. The molecule has 0 saturated carbocycles. The van der Waals surface area contributed by atoms with Gasteiger partial charge in [-0.3, -0.25) is 4.90 Å². The number of ether oxygens (including phenoxy) is 1. The lowest BCUT2D eigenvalue weighted by molar-refractivity contribution is 0.145. The van der Waals surface area contributed by atoms with E-state index in [9.17, 15) is 9.18 Å². The number of cyclic esters (lactones) is 1. The van der Waals surface area contributed by atoms with Crippen molar-refractivity contribution < 1.29 is 13.9 Å². The molecule has 1 amide bonds. The monoisotopic (exact) mass is 277 g/mol. The summed E-state index contributed by atoms with van der Waals surface area (Å²) in [6, 6.07) is 4.80. The number of nitrogens with two attached hydrogens (primary N) is 1. The van der Waals surface area contributed by atoms with Gasteiger partial charge in [0.2, 0.25) is 0 Å². The van der Waals surface area contributed by atoms with E-state index in [1.54, 1.807) is 12.1 Å². The Balaban J connectivity index is 1.82. The van der Waals surface area contributed by atoms with Gasteiger partial charge in [-0.1, -0.05) is 12.2 Å². The average Bonchev–Trinajstić information content (AvgIpc) is 3.07. The number of hydrogen-bond donors (Lipinski definition) is 1. The van der Waals surface area contributed by atoms with Gasteiger partial charge in [0, 0.05) is 19.6 Å². The van der Waals surface area contributed by atoms with Crippen LogP contribution in [0.5, 0.6) is 0 Å². The molecule has 1 aromatic rings. The van der Waals surface area contributed by atoms with Crippen LogP contribution in [0.3, 0.4) is 0 Å². The van der Waals surface area contributed by atoms with Gasteiger partial charge in [-0.15, -0.1) is 0 Å². The van der Waals surface area contributed by atoms with Crippen LogP contribution in [0.4, 0.5) is 20.6 Å². The number of amides is 1. The van der Waals surface area contributed by atoms with Crippen molar-refractivity contribution in [1.29, 1.82) is 0 Å². The molecular formula is C14H16FN3O2. The highest BCUT2D eigenvalue weighted by molar-refractivity contribution is 5.90. The maximum Gasteiger partial charge on any atom is 0.414 e. The van der Waals surface area contributed by atoms with Gasteiger partial charge in [0.1, 0.15) is 11.9 Å². The second kappa shape index (κ2) is 5.13. The maximum atomic E-state index is 14.2. The van der Waals surface area contributed by atoms with Crippen molar-refractivity contribution in [3.05, 3.63) is 36.2 Å². The first-order valence-corrected chi connectivity index (χ1v) is 6.57. The summed E-state index contributed by atoms with van der Waals surface area (Å²) in [6.45, 7) is 2.04. The molecule has 5 nitrogen and oxygen atoms in total. The zero-order chi connectivity index (χ0) is 14.1. The van der Waals surface area contributed by atoms with E-state index in [0.717, 1.165) is 0 Å². The fourth-order valence-electron chi connectivity index (χ4n) is 2.45. The minimum Gasteiger partial charge on any atom is -0.443 e. The highest BCUT2D eigenvalue weighted by Crippen LogP contribution is 2.28. The van der Waals surface area contributed by atoms with Gasteiger partial charge >= 0.3 is 6.09 Å². The van der Waals surface area contributed by atoms with Crippen molar-refractivity contribution >= 4 is 17.5 Å². The number of rotatable bonds is 3. The summed E-state index contributed by atoms with van der Waals surface area (Å²) in [7, 11) is 0. The third kappa shape index (κ3) is 2.22. The first kappa shape index (κ1) is 12.9. The molecule has 1 saturated heterocycles. The largest absolute Gasteiger partial charge is 0.443 e. The topological polar surface area (TPSA) is 58.8 Å². The highest BCUT2D eigenvalue weighted by Gasteiger charge is 2.31. The van der Waals surface area contributed by atoms with E-state index in [1.165, 1.54) is 11.0 Å². The highest BCUT2D eigenvalue weighted by atomic mass is 19.1. The molecule has 0 spiro atoms.